The molecule has 3 heteroatoms. The van der Waals surface area contributed by atoms with E-state index in [0.29, 0.717) is 0 Å². The van der Waals surface area contributed by atoms with E-state index >= 15 is 0 Å². The predicted octanol–water partition coefficient (Wildman–Crippen LogP) is 2.36. The molecule has 0 fully saturated rings. The van der Waals surface area contributed by atoms with Crippen LogP contribution in [0.25, 0.3) is 0 Å². The number of aryl methyl sites for hydroxylation is 1. The number of rotatable bonds is 2. The van der Waals surface area contributed by atoms with Gasteiger partial charge >= 0.3 is 42.6 Å². The predicted molar refractivity (Wildman–Crippen MR) is 46.7 cm³/mol. The molecule has 0 saturated heterocycles. The summed E-state index contributed by atoms with van der Waals surface area (Å²) < 4.78 is 4.58. The Morgan fingerprint density at radius 2 is 2.36 bits per heavy atom. The van der Waals surface area contributed by atoms with Crippen molar-refractivity contribution < 1.29 is 4.52 Å². The first-order valence-corrected chi connectivity index (χ1v) is 4.18. The Bertz CT molecular complexity index is 149. The van der Waals surface area contributed by atoms with Crippen molar-refractivity contribution in [1.29, 1.82) is 0 Å². The van der Waals surface area contributed by atoms with Crippen LogP contribution in [0.1, 0.15) is 25.5 Å². The SMILES string of the molecule is Cc1ccno1.[Li][CH2]CCC. The maximum absolute atomic E-state index is 4.58. The molecule has 58 valence electrons. The first kappa shape index (κ1) is 10.8. The molecule has 2 nitrogen and oxygen atoms in total. The average molecular weight is 147 g/mol. The van der Waals surface area contributed by atoms with E-state index in [4.69, 9.17) is 0 Å². The summed E-state index contributed by atoms with van der Waals surface area (Å²) in [7, 11) is 0. The van der Waals surface area contributed by atoms with E-state index in [1.807, 2.05) is 6.92 Å². The number of nitrogens with zero attached hydrogens (tertiary/aromatic N) is 1. The Hall–Kier alpha value is -0.193. The summed E-state index contributed by atoms with van der Waals surface area (Å²) in [5.74, 6) is 0.856. The Morgan fingerprint density at radius 3 is 2.45 bits per heavy atom. The summed E-state index contributed by atoms with van der Waals surface area (Å²) >= 11 is 2.21. The zero-order valence-corrected chi connectivity index (χ0v) is 7.63. The molecule has 1 aromatic heterocycles. The summed E-state index contributed by atoms with van der Waals surface area (Å²) in [6.07, 6.45) is 4.35. The van der Waals surface area contributed by atoms with Gasteiger partial charge in [0.2, 0.25) is 0 Å². The minimum atomic E-state index is 0.856. The Labute approximate surface area is 77.5 Å². The molecule has 0 aliphatic heterocycles. The van der Waals surface area contributed by atoms with Crippen molar-refractivity contribution >= 4 is 17.7 Å². The molecular weight excluding hydrogens is 133 g/mol. The van der Waals surface area contributed by atoms with E-state index in [-0.39, 0.29) is 0 Å². The van der Waals surface area contributed by atoms with Crippen LogP contribution in [-0.2, 0) is 0 Å². The fraction of sp³-hybridized carbons (Fsp3) is 0.625. The van der Waals surface area contributed by atoms with Gasteiger partial charge in [0.25, 0.3) is 0 Å². The van der Waals surface area contributed by atoms with E-state index in [0.717, 1.165) is 5.76 Å². The summed E-state index contributed by atoms with van der Waals surface area (Å²) in [5, 5.41) is 4.79. The summed E-state index contributed by atoms with van der Waals surface area (Å²) in [6, 6.07) is 1.81. The molecule has 1 rings (SSSR count). The van der Waals surface area contributed by atoms with Gasteiger partial charge in [-0.2, -0.15) is 0 Å². The first-order valence-electron chi connectivity index (χ1n) is 4.18. The van der Waals surface area contributed by atoms with Gasteiger partial charge in [-0.3, -0.25) is 0 Å². The third-order valence-corrected chi connectivity index (χ3v) is 1.27. The molecule has 1 aromatic rings. The van der Waals surface area contributed by atoms with Gasteiger partial charge in [0.05, 0.1) is 6.20 Å². The standard InChI is InChI=1S/C4H5NO.C4H9.Li/c1-4-2-3-5-6-4;1-3-4-2;/h2-3H,1H3;1,3-4H2,2H3;. The second kappa shape index (κ2) is 7.91. The van der Waals surface area contributed by atoms with Gasteiger partial charge in [-0.25, -0.2) is 0 Å². The number of aromatic nitrogens is 1. The van der Waals surface area contributed by atoms with E-state index < -0.39 is 0 Å². The van der Waals surface area contributed by atoms with Crippen molar-refractivity contribution in [2.24, 2.45) is 0 Å². The van der Waals surface area contributed by atoms with Gasteiger partial charge in [0.15, 0.2) is 0 Å². The average Bonchev–Trinajstić information content (AvgIpc) is 2.43. The van der Waals surface area contributed by atoms with Crippen LogP contribution in [0.15, 0.2) is 16.8 Å². The zero-order valence-electron chi connectivity index (χ0n) is 7.63. The fourth-order valence-corrected chi connectivity index (χ4v) is 0.633. The maximum atomic E-state index is 4.58. The van der Waals surface area contributed by atoms with Crippen molar-refractivity contribution in [2.45, 2.75) is 31.8 Å². The molecule has 0 spiro atoms. The van der Waals surface area contributed by atoms with Gasteiger partial charge in [-0.15, -0.1) is 0 Å². The molecule has 11 heavy (non-hydrogen) atoms. The van der Waals surface area contributed by atoms with Gasteiger partial charge in [0, 0.05) is 6.07 Å². The number of hydrogen-bond donors (Lipinski definition) is 0. The van der Waals surface area contributed by atoms with Crippen LogP contribution in [0, 0.1) is 6.92 Å². The van der Waals surface area contributed by atoms with Crippen molar-refractivity contribution in [3.05, 3.63) is 18.0 Å². The van der Waals surface area contributed by atoms with E-state index in [2.05, 4.69) is 34.3 Å². The van der Waals surface area contributed by atoms with Crippen molar-refractivity contribution in [3.63, 3.8) is 0 Å². The summed E-state index contributed by atoms with van der Waals surface area (Å²) in [6.45, 7) is 4.07. The van der Waals surface area contributed by atoms with Crippen LogP contribution < -0.4 is 0 Å². The van der Waals surface area contributed by atoms with Gasteiger partial charge in [-0.1, -0.05) is 5.16 Å². The molecule has 0 saturated carbocycles. The van der Waals surface area contributed by atoms with E-state index in [9.17, 15) is 0 Å². The molecule has 0 bridgehead atoms. The van der Waals surface area contributed by atoms with Crippen LogP contribution in [-0.4, -0.2) is 22.9 Å². The van der Waals surface area contributed by atoms with Crippen LogP contribution in [0.2, 0.25) is 5.09 Å². The second-order valence-corrected chi connectivity index (χ2v) is 2.48. The number of unbranched alkanes of at least 4 members (excludes halogenated alkanes) is 1. The Kier molecular flexibility index (Phi) is 7.77. The van der Waals surface area contributed by atoms with Crippen molar-refractivity contribution in [2.75, 3.05) is 0 Å². The molecule has 0 aromatic carbocycles. The van der Waals surface area contributed by atoms with Crippen molar-refractivity contribution in [1.82, 2.24) is 5.16 Å². The molecule has 0 aliphatic rings. The van der Waals surface area contributed by atoms with Crippen LogP contribution in [0.3, 0.4) is 0 Å². The molecule has 0 unspecified atom stereocenters. The molecule has 1 heterocycles. The Balaban J connectivity index is 0.000000187. The molecule has 0 aliphatic carbocycles. The topological polar surface area (TPSA) is 26.0 Å². The minimum absolute atomic E-state index is 0.856. The molecular formula is C8H14LiNO. The van der Waals surface area contributed by atoms with E-state index in [1.54, 1.807) is 12.3 Å². The molecule has 0 atom stereocenters. The molecule has 0 amide bonds. The normalized spacial score (nSPS) is 8.73. The third kappa shape index (κ3) is 7.71. The van der Waals surface area contributed by atoms with E-state index in [1.165, 1.54) is 17.9 Å². The summed E-state index contributed by atoms with van der Waals surface area (Å²) in [4.78, 5) is 0. The monoisotopic (exact) mass is 147 g/mol. The van der Waals surface area contributed by atoms with Crippen LogP contribution in [0.4, 0.5) is 0 Å². The van der Waals surface area contributed by atoms with Crippen LogP contribution >= 0.6 is 0 Å². The van der Waals surface area contributed by atoms with Crippen LogP contribution in [0.5, 0.6) is 0 Å². The molecule has 0 N–H and O–H groups in total. The quantitative estimate of drug-likeness (QED) is 0.600. The van der Waals surface area contributed by atoms with Gasteiger partial charge in [0.1, 0.15) is 5.76 Å². The van der Waals surface area contributed by atoms with Gasteiger partial charge in [-0.05, 0) is 6.92 Å². The third-order valence-electron chi connectivity index (χ3n) is 1.27. The first-order chi connectivity index (χ1) is 5.31. The Morgan fingerprint density at radius 1 is 1.64 bits per heavy atom. The molecule has 0 radical (unpaired) electrons. The zero-order chi connectivity index (χ0) is 8.53. The fourth-order valence-electron chi connectivity index (χ4n) is 0.633. The van der Waals surface area contributed by atoms with Gasteiger partial charge < -0.3 is 4.52 Å². The second-order valence-electron chi connectivity index (χ2n) is 2.48. The summed E-state index contributed by atoms with van der Waals surface area (Å²) in [5.41, 5.74) is 0. The van der Waals surface area contributed by atoms with Crippen molar-refractivity contribution in [3.8, 4) is 0 Å². The number of hydrogen-bond acceptors (Lipinski definition) is 2.